The van der Waals surface area contributed by atoms with Gasteiger partial charge < -0.3 is 5.32 Å². The predicted molar refractivity (Wildman–Crippen MR) is 97.7 cm³/mol. The van der Waals surface area contributed by atoms with E-state index in [2.05, 4.69) is 21.4 Å². The number of rotatable bonds is 4. The third-order valence-corrected chi connectivity index (χ3v) is 5.43. The van der Waals surface area contributed by atoms with Crippen molar-refractivity contribution in [2.45, 2.75) is 18.9 Å². The molecule has 4 nitrogen and oxygen atoms in total. The minimum Gasteiger partial charge on any atom is -0.325 e. The largest absolute Gasteiger partial charge is 0.325 e. The summed E-state index contributed by atoms with van der Waals surface area (Å²) in [5.41, 5.74) is 1.72. The summed E-state index contributed by atoms with van der Waals surface area (Å²) in [6.07, 6.45) is 1.54. The molecule has 0 saturated heterocycles. The van der Waals surface area contributed by atoms with Gasteiger partial charge in [-0.3, -0.25) is 4.79 Å². The van der Waals surface area contributed by atoms with Gasteiger partial charge in [-0.1, -0.05) is 29.4 Å². The molecule has 1 amide bonds. The summed E-state index contributed by atoms with van der Waals surface area (Å²) < 4.78 is 0. The first-order valence-corrected chi connectivity index (χ1v) is 9.11. The topological polar surface area (TPSA) is 54.9 Å². The molecule has 7 heteroatoms. The quantitative estimate of drug-likeness (QED) is 0.539. The number of thioether (sulfide) groups is 1. The molecule has 0 saturated carbocycles. The van der Waals surface area contributed by atoms with E-state index >= 15 is 0 Å². The van der Waals surface area contributed by atoms with E-state index in [1.807, 2.05) is 19.9 Å². The van der Waals surface area contributed by atoms with Crippen molar-refractivity contribution in [3.63, 3.8) is 0 Å². The average Bonchev–Trinajstić information content (AvgIpc) is 2.89. The van der Waals surface area contributed by atoms with Crippen molar-refractivity contribution in [1.29, 1.82) is 0 Å². The summed E-state index contributed by atoms with van der Waals surface area (Å²) in [5, 5.41) is 5.33. The number of benzene rings is 1. The fourth-order valence-electron chi connectivity index (χ4n) is 2.12. The standard InChI is InChI=1S/C16H14ClN3OS2/c1-9-3-4-11(17)6-13(9)20-14(21)7-22-15-12-5-10(2)23-16(12)19-8-18-15/h3-6,8H,7H2,1-2H3,(H,20,21). The number of fused-ring (bicyclic) bond motifs is 1. The van der Waals surface area contributed by atoms with E-state index in [0.717, 1.165) is 26.5 Å². The van der Waals surface area contributed by atoms with E-state index < -0.39 is 0 Å². The molecule has 3 rings (SSSR count). The molecule has 0 radical (unpaired) electrons. The maximum absolute atomic E-state index is 12.2. The zero-order valence-electron chi connectivity index (χ0n) is 12.6. The van der Waals surface area contributed by atoms with Crippen LogP contribution < -0.4 is 5.32 Å². The maximum atomic E-state index is 12.2. The third kappa shape index (κ3) is 3.83. The Labute approximate surface area is 147 Å². The second-order valence-corrected chi connectivity index (χ2v) is 7.69. The van der Waals surface area contributed by atoms with E-state index in [-0.39, 0.29) is 11.7 Å². The molecule has 0 aliphatic heterocycles. The molecule has 0 unspecified atom stereocenters. The minimum absolute atomic E-state index is 0.0842. The van der Waals surface area contributed by atoms with Gasteiger partial charge in [0, 0.05) is 21.0 Å². The second kappa shape index (κ2) is 6.86. The highest BCUT2D eigenvalue weighted by Crippen LogP contribution is 2.30. The molecule has 118 valence electrons. The highest BCUT2D eigenvalue weighted by atomic mass is 35.5. The van der Waals surface area contributed by atoms with E-state index in [9.17, 15) is 4.79 Å². The number of carbonyl (C=O) groups is 1. The summed E-state index contributed by atoms with van der Waals surface area (Å²) in [4.78, 5) is 22.9. The summed E-state index contributed by atoms with van der Waals surface area (Å²) in [6, 6.07) is 7.50. The molecule has 3 aromatic rings. The Morgan fingerprint density at radius 3 is 2.96 bits per heavy atom. The van der Waals surface area contributed by atoms with E-state index in [1.54, 1.807) is 29.8 Å². The van der Waals surface area contributed by atoms with Crippen LogP contribution in [0, 0.1) is 13.8 Å². The zero-order chi connectivity index (χ0) is 16.4. The van der Waals surface area contributed by atoms with Gasteiger partial charge >= 0.3 is 0 Å². The van der Waals surface area contributed by atoms with Crippen LogP contribution in [0.4, 0.5) is 5.69 Å². The molecule has 0 aliphatic carbocycles. The molecule has 0 bridgehead atoms. The van der Waals surface area contributed by atoms with Crippen LogP contribution in [0.2, 0.25) is 5.02 Å². The highest BCUT2D eigenvalue weighted by molar-refractivity contribution is 8.00. The lowest BCUT2D eigenvalue weighted by atomic mass is 10.2. The molecule has 0 atom stereocenters. The first-order valence-electron chi connectivity index (χ1n) is 6.93. The fraction of sp³-hybridized carbons (Fsp3) is 0.188. The number of nitrogens with zero attached hydrogens (tertiary/aromatic N) is 2. The van der Waals surface area contributed by atoms with Gasteiger partial charge in [0.15, 0.2) is 0 Å². The molecular weight excluding hydrogens is 350 g/mol. The zero-order valence-corrected chi connectivity index (χ0v) is 15.0. The number of hydrogen-bond donors (Lipinski definition) is 1. The lowest BCUT2D eigenvalue weighted by molar-refractivity contribution is -0.113. The number of carbonyl (C=O) groups excluding carboxylic acids is 1. The smallest absolute Gasteiger partial charge is 0.234 e. The Balaban J connectivity index is 1.70. The van der Waals surface area contributed by atoms with Gasteiger partial charge in [-0.25, -0.2) is 9.97 Å². The number of anilines is 1. The number of amides is 1. The molecular formula is C16H14ClN3OS2. The van der Waals surface area contributed by atoms with Crippen molar-refractivity contribution < 1.29 is 4.79 Å². The van der Waals surface area contributed by atoms with Crippen LogP contribution in [0.5, 0.6) is 0 Å². The van der Waals surface area contributed by atoms with Gasteiger partial charge in [0.05, 0.1) is 5.75 Å². The lowest BCUT2D eigenvalue weighted by Gasteiger charge is -2.08. The molecule has 2 heterocycles. The van der Waals surface area contributed by atoms with Crippen LogP contribution >= 0.6 is 34.7 Å². The molecule has 1 aromatic carbocycles. The van der Waals surface area contributed by atoms with Crippen LogP contribution in [-0.4, -0.2) is 21.6 Å². The number of aryl methyl sites for hydroxylation is 2. The van der Waals surface area contributed by atoms with Crippen molar-refractivity contribution in [2.24, 2.45) is 0 Å². The predicted octanol–water partition coefficient (Wildman–Crippen LogP) is 4.69. The lowest BCUT2D eigenvalue weighted by Crippen LogP contribution is -2.15. The first-order chi connectivity index (χ1) is 11.0. The number of nitrogens with one attached hydrogen (secondary N) is 1. The monoisotopic (exact) mass is 363 g/mol. The maximum Gasteiger partial charge on any atom is 0.234 e. The molecule has 0 fully saturated rings. The Bertz CT molecular complexity index is 879. The Hall–Kier alpha value is -1.63. The van der Waals surface area contributed by atoms with Gasteiger partial charge in [-0.15, -0.1) is 11.3 Å². The van der Waals surface area contributed by atoms with Crippen molar-refractivity contribution in [1.82, 2.24) is 9.97 Å². The SMILES string of the molecule is Cc1cc2c(SCC(=O)Nc3cc(Cl)ccc3C)ncnc2s1. The Morgan fingerprint density at radius 1 is 1.30 bits per heavy atom. The van der Waals surface area contributed by atoms with E-state index in [0.29, 0.717) is 5.02 Å². The first kappa shape index (κ1) is 16.2. The van der Waals surface area contributed by atoms with Crippen LogP contribution in [0.1, 0.15) is 10.4 Å². The van der Waals surface area contributed by atoms with Gasteiger partial charge in [0.1, 0.15) is 16.2 Å². The van der Waals surface area contributed by atoms with Crippen LogP contribution in [-0.2, 0) is 4.79 Å². The molecule has 2 aromatic heterocycles. The van der Waals surface area contributed by atoms with Gasteiger partial charge in [0.2, 0.25) is 5.91 Å². The number of hydrogen-bond acceptors (Lipinski definition) is 5. The van der Waals surface area contributed by atoms with E-state index in [1.165, 1.54) is 16.6 Å². The van der Waals surface area contributed by atoms with Crippen molar-refractivity contribution >= 4 is 56.5 Å². The summed E-state index contributed by atoms with van der Waals surface area (Å²) in [7, 11) is 0. The highest BCUT2D eigenvalue weighted by Gasteiger charge is 2.11. The molecule has 1 N–H and O–H groups in total. The molecule has 0 aliphatic rings. The van der Waals surface area contributed by atoms with Crippen molar-refractivity contribution in [3.05, 3.63) is 46.1 Å². The molecule has 23 heavy (non-hydrogen) atoms. The van der Waals surface area contributed by atoms with Gasteiger partial charge in [-0.05, 0) is 37.6 Å². The number of halogens is 1. The normalized spacial score (nSPS) is 10.9. The average molecular weight is 364 g/mol. The number of thiophene rings is 1. The van der Waals surface area contributed by atoms with Crippen LogP contribution in [0.3, 0.4) is 0 Å². The number of aromatic nitrogens is 2. The second-order valence-electron chi connectivity index (χ2n) is 5.05. The van der Waals surface area contributed by atoms with Crippen molar-refractivity contribution in [3.8, 4) is 0 Å². The molecule has 0 spiro atoms. The van der Waals surface area contributed by atoms with Gasteiger partial charge in [0.25, 0.3) is 0 Å². The van der Waals surface area contributed by atoms with Crippen molar-refractivity contribution in [2.75, 3.05) is 11.1 Å². The Kier molecular flexibility index (Phi) is 4.84. The minimum atomic E-state index is -0.0842. The summed E-state index contributed by atoms with van der Waals surface area (Å²) in [5.74, 6) is 0.200. The summed E-state index contributed by atoms with van der Waals surface area (Å²) >= 11 is 9.01. The summed E-state index contributed by atoms with van der Waals surface area (Å²) in [6.45, 7) is 3.97. The third-order valence-electron chi connectivity index (χ3n) is 3.23. The van der Waals surface area contributed by atoms with Gasteiger partial charge in [-0.2, -0.15) is 0 Å². The van der Waals surface area contributed by atoms with E-state index in [4.69, 9.17) is 11.6 Å². The fourth-order valence-corrected chi connectivity index (χ4v) is 3.98. The van der Waals surface area contributed by atoms with Crippen LogP contribution in [0.15, 0.2) is 35.6 Å². The van der Waals surface area contributed by atoms with Crippen LogP contribution in [0.25, 0.3) is 10.2 Å². The Morgan fingerprint density at radius 2 is 2.13 bits per heavy atom.